The molecule has 1 saturated carbocycles. The Kier molecular flexibility index (Phi) is 10.4. The number of allylic oxidation sites excluding steroid dienone is 2. The summed E-state index contributed by atoms with van der Waals surface area (Å²) in [4.78, 5) is 0. The first kappa shape index (κ1) is 32.2. The van der Waals surface area contributed by atoms with Crippen LogP contribution in [-0.2, 0) is 12.8 Å². The fourth-order valence-electron chi connectivity index (χ4n) is 7.13. The Bertz CT molecular complexity index is 1500. The van der Waals surface area contributed by atoms with E-state index in [2.05, 4.69) is 6.08 Å². The molecular weight excluding hydrogens is 574 g/mol. The number of hydrogen-bond acceptors (Lipinski definition) is 1. The summed E-state index contributed by atoms with van der Waals surface area (Å²) in [6.07, 6.45) is 10.8. The minimum absolute atomic E-state index is 0.0650. The molecule has 3 aromatic carbocycles. The Morgan fingerprint density at radius 1 is 0.614 bits per heavy atom. The monoisotopic (exact) mass is 614 g/mol. The van der Waals surface area contributed by atoms with Crippen LogP contribution in [0.15, 0.2) is 42.5 Å². The fraction of sp³-hybridized carbons (Fsp3) is 0.459. The third-order valence-corrected chi connectivity index (χ3v) is 9.66. The molecular formula is C37H40F6O. The lowest BCUT2D eigenvalue weighted by atomic mass is 9.70. The van der Waals surface area contributed by atoms with Crippen LogP contribution in [0, 0.1) is 52.7 Å². The van der Waals surface area contributed by atoms with E-state index in [0.717, 1.165) is 50.5 Å². The van der Waals surface area contributed by atoms with Gasteiger partial charge in [-0.2, -0.15) is 4.39 Å². The molecule has 0 radical (unpaired) electrons. The Morgan fingerprint density at radius 2 is 1.20 bits per heavy atom. The minimum Gasteiger partial charge on any atom is -0.491 e. The van der Waals surface area contributed by atoms with Gasteiger partial charge in [-0.15, -0.1) is 0 Å². The summed E-state index contributed by atoms with van der Waals surface area (Å²) in [5.74, 6) is -4.71. The van der Waals surface area contributed by atoms with E-state index in [0.29, 0.717) is 49.0 Å². The van der Waals surface area contributed by atoms with Gasteiger partial charge < -0.3 is 4.74 Å². The molecule has 0 heterocycles. The van der Waals surface area contributed by atoms with Gasteiger partial charge in [0, 0.05) is 16.7 Å². The van der Waals surface area contributed by atoms with E-state index in [-0.39, 0.29) is 34.6 Å². The lowest BCUT2D eigenvalue weighted by Gasteiger charge is -2.35. The predicted octanol–water partition coefficient (Wildman–Crippen LogP) is 11.2. The molecule has 1 unspecified atom stereocenters. The highest BCUT2D eigenvalue weighted by Gasteiger charge is 2.30. The van der Waals surface area contributed by atoms with E-state index in [4.69, 9.17) is 4.74 Å². The Hall–Kier alpha value is -3.22. The Balaban J connectivity index is 1.14. The molecule has 0 aliphatic heterocycles. The molecule has 44 heavy (non-hydrogen) atoms. The van der Waals surface area contributed by atoms with Gasteiger partial charge in [-0.3, -0.25) is 0 Å². The number of rotatable bonds is 10. The number of benzene rings is 3. The topological polar surface area (TPSA) is 9.23 Å². The molecule has 2 aliphatic rings. The number of hydrogen-bond donors (Lipinski definition) is 0. The van der Waals surface area contributed by atoms with Crippen LogP contribution >= 0.6 is 0 Å². The van der Waals surface area contributed by atoms with E-state index in [1.807, 2.05) is 6.92 Å². The van der Waals surface area contributed by atoms with Gasteiger partial charge in [-0.25, -0.2) is 22.0 Å². The molecule has 1 atom stereocenters. The van der Waals surface area contributed by atoms with Gasteiger partial charge in [0.05, 0.1) is 6.61 Å². The highest BCUT2D eigenvalue weighted by molar-refractivity contribution is 5.68. The van der Waals surface area contributed by atoms with Crippen molar-refractivity contribution in [1.82, 2.24) is 0 Å². The van der Waals surface area contributed by atoms with Crippen LogP contribution in [0.3, 0.4) is 0 Å². The Morgan fingerprint density at radius 3 is 1.77 bits per heavy atom. The van der Waals surface area contributed by atoms with Crippen LogP contribution in [0.2, 0.25) is 0 Å². The lowest BCUT2D eigenvalue weighted by Crippen LogP contribution is -2.23. The highest BCUT2D eigenvalue weighted by atomic mass is 19.2. The van der Waals surface area contributed by atoms with Crippen molar-refractivity contribution < 1.29 is 31.1 Å². The van der Waals surface area contributed by atoms with Crippen molar-refractivity contribution in [3.8, 4) is 16.9 Å². The van der Waals surface area contributed by atoms with Crippen LogP contribution in [0.1, 0.15) is 88.3 Å². The first-order chi connectivity index (χ1) is 21.2. The smallest absolute Gasteiger partial charge is 0.201 e. The third-order valence-electron chi connectivity index (χ3n) is 9.66. The zero-order valence-electron chi connectivity index (χ0n) is 25.4. The SMILES string of the molecule is CCCc1ccc(-c2ccc(CCC3CCC(C4CC=C(c5ccc(OCC)c(F)c5F)CC4)CC3)c(F)c2F)c(F)c1F. The molecule has 5 rings (SSSR count). The van der Waals surface area contributed by atoms with E-state index < -0.39 is 34.9 Å². The van der Waals surface area contributed by atoms with Crippen molar-refractivity contribution in [2.75, 3.05) is 6.61 Å². The summed E-state index contributed by atoms with van der Waals surface area (Å²) in [6.45, 7) is 3.85. The van der Waals surface area contributed by atoms with Gasteiger partial charge in [-0.05, 0) is 105 Å². The standard InChI is InChI=1S/C37H40F6O/c1-3-5-26-16-18-29(35(41)32(26)38)30-19-17-27(33(39)36(30)42)11-8-22-6-9-23(10-7-22)24-12-14-25(15-13-24)28-20-21-31(44-4-2)37(43)34(28)40/h14,16-24H,3-13,15H2,1-2H3. The lowest BCUT2D eigenvalue weighted by molar-refractivity contribution is 0.189. The summed E-state index contributed by atoms with van der Waals surface area (Å²) < 4.78 is 93.5. The molecule has 236 valence electrons. The summed E-state index contributed by atoms with van der Waals surface area (Å²) in [6, 6.07) is 8.69. The molecule has 1 fully saturated rings. The van der Waals surface area contributed by atoms with Gasteiger partial charge in [-0.1, -0.05) is 56.5 Å². The van der Waals surface area contributed by atoms with Crippen LogP contribution in [0.5, 0.6) is 5.75 Å². The second-order valence-corrected chi connectivity index (χ2v) is 12.3. The molecule has 0 aromatic heterocycles. The summed E-state index contributed by atoms with van der Waals surface area (Å²) >= 11 is 0. The fourth-order valence-corrected chi connectivity index (χ4v) is 7.13. The van der Waals surface area contributed by atoms with Gasteiger partial charge in [0.25, 0.3) is 0 Å². The van der Waals surface area contributed by atoms with Crippen molar-refractivity contribution in [3.63, 3.8) is 0 Å². The maximum absolute atomic E-state index is 15.0. The highest BCUT2D eigenvalue weighted by Crippen LogP contribution is 2.43. The molecule has 2 aliphatic carbocycles. The van der Waals surface area contributed by atoms with Gasteiger partial charge in [0.15, 0.2) is 34.8 Å². The molecule has 0 spiro atoms. The van der Waals surface area contributed by atoms with E-state index in [1.54, 1.807) is 13.0 Å². The predicted molar refractivity (Wildman–Crippen MR) is 162 cm³/mol. The third kappa shape index (κ3) is 6.72. The largest absolute Gasteiger partial charge is 0.491 e. The zero-order valence-corrected chi connectivity index (χ0v) is 25.4. The van der Waals surface area contributed by atoms with Crippen LogP contribution in [0.25, 0.3) is 16.7 Å². The number of aryl methyl sites for hydroxylation is 2. The first-order valence-electron chi connectivity index (χ1n) is 16.0. The second-order valence-electron chi connectivity index (χ2n) is 12.3. The van der Waals surface area contributed by atoms with Gasteiger partial charge >= 0.3 is 0 Å². The first-order valence-corrected chi connectivity index (χ1v) is 16.0. The van der Waals surface area contributed by atoms with Crippen LogP contribution in [0.4, 0.5) is 26.3 Å². The quantitative estimate of drug-likeness (QED) is 0.207. The van der Waals surface area contributed by atoms with Crippen molar-refractivity contribution in [1.29, 1.82) is 0 Å². The van der Waals surface area contributed by atoms with Crippen LogP contribution in [-0.4, -0.2) is 6.61 Å². The van der Waals surface area contributed by atoms with E-state index in [9.17, 15) is 17.6 Å². The molecule has 7 heteroatoms. The minimum atomic E-state index is -1.15. The average molecular weight is 615 g/mol. The van der Waals surface area contributed by atoms with Gasteiger partial charge in [0.2, 0.25) is 5.82 Å². The second kappa shape index (κ2) is 14.3. The van der Waals surface area contributed by atoms with Crippen molar-refractivity contribution >= 4 is 5.57 Å². The Labute approximate surface area is 256 Å². The molecule has 3 aromatic rings. The number of halogens is 6. The molecule has 0 N–H and O–H groups in total. The van der Waals surface area contributed by atoms with Crippen LogP contribution < -0.4 is 4.74 Å². The van der Waals surface area contributed by atoms with E-state index >= 15 is 8.78 Å². The number of ether oxygens (including phenoxy) is 1. The van der Waals surface area contributed by atoms with Crippen molar-refractivity contribution in [2.45, 2.75) is 84.5 Å². The van der Waals surface area contributed by atoms with Crippen molar-refractivity contribution in [3.05, 3.63) is 94.1 Å². The molecule has 0 bridgehead atoms. The maximum Gasteiger partial charge on any atom is 0.201 e. The zero-order chi connectivity index (χ0) is 31.4. The maximum atomic E-state index is 15.0. The molecule has 0 amide bonds. The van der Waals surface area contributed by atoms with Gasteiger partial charge in [0.1, 0.15) is 0 Å². The molecule has 0 saturated heterocycles. The van der Waals surface area contributed by atoms with Crippen molar-refractivity contribution in [2.24, 2.45) is 17.8 Å². The molecule has 1 nitrogen and oxygen atoms in total. The summed E-state index contributed by atoms with van der Waals surface area (Å²) in [5.41, 5.74) is 1.08. The normalized spacial score (nSPS) is 20.5. The summed E-state index contributed by atoms with van der Waals surface area (Å²) in [5, 5.41) is 0. The van der Waals surface area contributed by atoms with E-state index in [1.165, 1.54) is 30.3 Å². The summed E-state index contributed by atoms with van der Waals surface area (Å²) in [7, 11) is 0. The average Bonchev–Trinajstić information content (AvgIpc) is 3.04.